The highest BCUT2D eigenvalue weighted by Crippen LogP contribution is 2.31. The van der Waals surface area contributed by atoms with E-state index in [1.165, 1.54) is 22.6 Å². The Bertz CT molecular complexity index is 1040. The van der Waals surface area contributed by atoms with Crippen LogP contribution in [0.3, 0.4) is 0 Å². The summed E-state index contributed by atoms with van der Waals surface area (Å²) in [4.78, 5) is 22.7. The van der Waals surface area contributed by atoms with Gasteiger partial charge in [-0.2, -0.15) is 0 Å². The van der Waals surface area contributed by atoms with Crippen molar-refractivity contribution < 1.29 is 9.21 Å². The smallest absolute Gasteiger partial charge is 0.259 e. The van der Waals surface area contributed by atoms with Gasteiger partial charge in [-0.3, -0.25) is 9.69 Å². The fourth-order valence-electron chi connectivity index (χ4n) is 2.30. The average molecular weight is 344 g/mol. The van der Waals surface area contributed by atoms with Gasteiger partial charge >= 0.3 is 0 Å². The molecule has 0 aliphatic carbocycles. The average Bonchev–Trinajstić information content (AvgIpc) is 3.18. The van der Waals surface area contributed by atoms with E-state index in [1.54, 1.807) is 31.3 Å². The molecule has 2 aromatic heterocycles. The predicted octanol–water partition coefficient (Wildman–Crippen LogP) is 4.37. The second-order valence-electron chi connectivity index (χ2n) is 5.01. The molecule has 0 saturated carbocycles. The monoisotopic (exact) mass is 343 g/mol. The number of fused-ring (bicyclic) bond motifs is 2. The molecule has 0 fully saturated rings. The molecule has 5 nitrogen and oxygen atoms in total. The van der Waals surface area contributed by atoms with Gasteiger partial charge in [-0.25, -0.2) is 9.97 Å². The van der Waals surface area contributed by atoms with Gasteiger partial charge in [0.05, 0.1) is 10.2 Å². The number of benzene rings is 2. The van der Waals surface area contributed by atoms with Gasteiger partial charge in [-0.1, -0.05) is 22.9 Å². The Hall–Kier alpha value is -2.44. The molecule has 0 N–H and O–H groups in total. The molecule has 0 saturated heterocycles. The van der Waals surface area contributed by atoms with E-state index in [9.17, 15) is 4.79 Å². The fraction of sp³-hybridized carbons (Fsp3) is 0.0625. The first-order valence-corrected chi connectivity index (χ1v) is 7.99. The molecule has 0 bridgehead atoms. The minimum absolute atomic E-state index is 0.159. The van der Waals surface area contributed by atoms with Crippen molar-refractivity contribution >= 4 is 55.3 Å². The maximum absolute atomic E-state index is 12.7. The summed E-state index contributed by atoms with van der Waals surface area (Å²) in [5, 5.41) is 1.27. The summed E-state index contributed by atoms with van der Waals surface area (Å²) >= 11 is 7.41. The van der Waals surface area contributed by atoms with Crippen LogP contribution < -0.4 is 4.90 Å². The molecule has 0 aliphatic rings. The lowest BCUT2D eigenvalue weighted by Crippen LogP contribution is -2.25. The van der Waals surface area contributed by atoms with Crippen LogP contribution in [0.25, 0.3) is 21.3 Å². The quantitative estimate of drug-likeness (QED) is 0.542. The van der Waals surface area contributed by atoms with Crippen LogP contribution in [0.4, 0.5) is 5.13 Å². The van der Waals surface area contributed by atoms with Crippen LogP contribution in [0, 0.1) is 0 Å². The molecular formula is C16H10ClN3O2S. The van der Waals surface area contributed by atoms with E-state index < -0.39 is 0 Å². The van der Waals surface area contributed by atoms with Crippen molar-refractivity contribution in [2.24, 2.45) is 0 Å². The van der Waals surface area contributed by atoms with Crippen molar-refractivity contribution in [1.29, 1.82) is 0 Å². The van der Waals surface area contributed by atoms with Crippen molar-refractivity contribution in [2.45, 2.75) is 0 Å². The number of thiazole rings is 1. The maximum Gasteiger partial charge on any atom is 0.259 e. The van der Waals surface area contributed by atoms with Crippen LogP contribution in [0.15, 0.2) is 47.2 Å². The summed E-state index contributed by atoms with van der Waals surface area (Å²) in [6, 6.07) is 10.7. The third-order valence-electron chi connectivity index (χ3n) is 3.51. The number of halogens is 1. The van der Waals surface area contributed by atoms with Crippen LogP contribution in [-0.2, 0) is 0 Å². The van der Waals surface area contributed by atoms with E-state index in [4.69, 9.17) is 16.0 Å². The Balaban J connectivity index is 1.70. The molecule has 1 amide bonds. The SMILES string of the molecule is CN(C(=O)c1ccc2ncoc2c1)c1nc2ccc(Cl)cc2s1. The normalized spacial score (nSPS) is 11.2. The lowest BCUT2D eigenvalue weighted by molar-refractivity contribution is 0.0993. The molecular weight excluding hydrogens is 334 g/mol. The molecule has 2 heterocycles. The van der Waals surface area contributed by atoms with Gasteiger partial charge in [-0.15, -0.1) is 0 Å². The first-order valence-electron chi connectivity index (χ1n) is 6.79. The number of hydrogen-bond acceptors (Lipinski definition) is 5. The number of nitrogens with zero attached hydrogens (tertiary/aromatic N) is 3. The lowest BCUT2D eigenvalue weighted by atomic mass is 10.2. The topological polar surface area (TPSA) is 59.2 Å². The number of carbonyl (C=O) groups excluding carboxylic acids is 1. The van der Waals surface area contributed by atoms with Crippen LogP contribution in [0.5, 0.6) is 0 Å². The zero-order valence-corrected chi connectivity index (χ0v) is 13.6. The summed E-state index contributed by atoms with van der Waals surface area (Å²) in [5.41, 5.74) is 2.65. The Morgan fingerprint density at radius 1 is 1.22 bits per heavy atom. The zero-order chi connectivity index (χ0) is 16.0. The summed E-state index contributed by atoms with van der Waals surface area (Å²) < 4.78 is 6.19. The number of carbonyl (C=O) groups is 1. The highest BCUT2D eigenvalue weighted by Gasteiger charge is 2.18. The molecule has 0 spiro atoms. The molecule has 2 aromatic carbocycles. The Kier molecular flexibility index (Phi) is 3.28. The highest BCUT2D eigenvalue weighted by atomic mass is 35.5. The molecule has 0 aliphatic heterocycles. The molecule has 4 rings (SSSR count). The summed E-state index contributed by atoms with van der Waals surface area (Å²) in [5.74, 6) is -0.159. The Morgan fingerprint density at radius 2 is 2.04 bits per heavy atom. The van der Waals surface area contributed by atoms with Crippen molar-refractivity contribution in [3.8, 4) is 0 Å². The molecule has 0 radical (unpaired) electrons. The fourth-order valence-corrected chi connectivity index (χ4v) is 3.50. The standard InChI is InChI=1S/C16H10ClN3O2S/c1-20(16-19-12-5-3-10(17)7-14(12)23-16)15(21)9-2-4-11-13(6-9)22-8-18-11/h2-8H,1H3. The minimum Gasteiger partial charge on any atom is -0.443 e. The van der Waals surface area contributed by atoms with E-state index in [0.717, 1.165) is 15.7 Å². The van der Waals surface area contributed by atoms with Gasteiger partial charge in [0.1, 0.15) is 5.52 Å². The molecule has 4 aromatic rings. The van der Waals surface area contributed by atoms with E-state index in [-0.39, 0.29) is 5.91 Å². The summed E-state index contributed by atoms with van der Waals surface area (Å²) in [6.07, 6.45) is 1.36. The first-order chi connectivity index (χ1) is 11.1. The van der Waals surface area contributed by atoms with Crippen LogP contribution in [-0.4, -0.2) is 22.9 Å². The third-order valence-corrected chi connectivity index (χ3v) is 4.84. The highest BCUT2D eigenvalue weighted by molar-refractivity contribution is 7.22. The molecule has 7 heteroatoms. The van der Waals surface area contributed by atoms with Crippen molar-refractivity contribution in [3.05, 3.63) is 53.4 Å². The van der Waals surface area contributed by atoms with E-state index in [2.05, 4.69) is 9.97 Å². The number of rotatable bonds is 2. The second kappa shape index (κ2) is 5.33. The number of anilines is 1. The number of oxazole rings is 1. The largest absolute Gasteiger partial charge is 0.443 e. The lowest BCUT2D eigenvalue weighted by Gasteiger charge is -2.13. The number of amides is 1. The Morgan fingerprint density at radius 3 is 2.91 bits per heavy atom. The van der Waals surface area contributed by atoms with Crippen molar-refractivity contribution in [2.75, 3.05) is 11.9 Å². The van der Waals surface area contributed by atoms with Gasteiger partial charge in [0, 0.05) is 17.6 Å². The molecule has 0 unspecified atom stereocenters. The third kappa shape index (κ3) is 2.46. The van der Waals surface area contributed by atoms with Gasteiger partial charge in [0.25, 0.3) is 5.91 Å². The van der Waals surface area contributed by atoms with Gasteiger partial charge in [0.2, 0.25) is 0 Å². The minimum atomic E-state index is -0.159. The van der Waals surface area contributed by atoms with Crippen LogP contribution >= 0.6 is 22.9 Å². The van der Waals surface area contributed by atoms with Crippen molar-refractivity contribution in [3.63, 3.8) is 0 Å². The van der Waals surface area contributed by atoms with Crippen LogP contribution in [0.1, 0.15) is 10.4 Å². The molecule has 0 atom stereocenters. The van der Waals surface area contributed by atoms with E-state index in [1.807, 2.05) is 12.1 Å². The van der Waals surface area contributed by atoms with Gasteiger partial charge < -0.3 is 4.42 Å². The van der Waals surface area contributed by atoms with Crippen LogP contribution in [0.2, 0.25) is 5.02 Å². The second-order valence-corrected chi connectivity index (χ2v) is 6.45. The van der Waals surface area contributed by atoms with E-state index >= 15 is 0 Å². The summed E-state index contributed by atoms with van der Waals surface area (Å²) in [7, 11) is 1.70. The number of hydrogen-bond donors (Lipinski definition) is 0. The van der Waals surface area contributed by atoms with Crippen molar-refractivity contribution in [1.82, 2.24) is 9.97 Å². The maximum atomic E-state index is 12.7. The number of aromatic nitrogens is 2. The van der Waals surface area contributed by atoms with E-state index in [0.29, 0.717) is 21.3 Å². The molecule has 114 valence electrons. The predicted molar refractivity (Wildman–Crippen MR) is 91.4 cm³/mol. The van der Waals surface area contributed by atoms with Gasteiger partial charge in [-0.05, 0) is 36.4 Å². The summed E-state index contributed by atoms with van der Waals surface area (Å²) in [6.45, 7) is 0. The van der Waals surface area contributed by atoms with Gasteiger partial charge in [0.15, 0.2) is 17.1 Å². The molecule has 23 heavy (non-hydrogen) atoms. The zero-order valence-electron chi connectivity index (χ0n) is 12.0. The first kappa shape index (κ1) is 14.2. The Labute approximate surface area is 140 Å².